The lowest BCUT2D eigenvalue weighted by Crippen LogP contribution is -2.53. The number of carbonyl (C=O) groups excluding carboxylic acids is 1. The smallest absolute Gasteiger partial charge is 0.223 e. The van der Waals surface area contributed by atoms with Crippen molar-refractivity contribution in [3.63, 3.8) is 0 Å². The number of carbonyl (C=O) groups is 1. The molecule has 3 unspecified atom stereocenters. The van der Waals surface area contributed by atoms with E-state index >= 15 is 0 Å². The molecule has 0 radical (unpaired) electrons. The summed E-state index contributed by atoms with van der Waals surface area (Å²) in [4.78, 5) is 19.2. The van der Waals surface area contributed by atoms with Crippen LogP contribution in [0.1, 0.15) is 32.6 Å². The van der Waals surface area contributed by atoms with Gasteiger partial charge in [0.05, 0.1) is 12.2 Å². The van der Waals surface area contributed by atoms with Gasteiger partial charge in [0.25, 0.3) is 0 Å². The van der Waals surface area contributed by atoms with Crippen LogP contribution in [0.4, 0.5) is 0 Å². The topological polar surface area (TPSA) is 56.2 Å². The molecular weight excluding hydrogens is 306 g/mol. The Morgan fingerprint density at radius 2 is 2.00 bits per heavy atom. The Kier molecular flexibility index (Phi) is 5.80. The Bertz CT molecular complexity index is 435. The molecule has 0 aliphatic carbocycles. The second-order valence-corrected chi connectivity index (χ2v) is 7.97. The molecule has 3 atom stereocenters. The van der Waals surface area contributed by atoms with Crippen LogP contribution in [0.5, 0.6) is 0 Å². The predicted octanol–water partition coefficient (Wildman–Crippen LogP) is 0.402. The summed E-state index contributed by atoms with van der Waals surface area (Å²) in [6.45, 7) is 8.73. The van der Waals surface area contributed by atoms with E-state index < -0.39 is 5.60 Å². The van der Waals surface area contributed by atoms with Gasteiger partial charge in [0, 0.05) is 57.7 Å². The fourth-order valence-corrected chi connectivity index (χ4v) is 4.42. The first-order valence-electron chi connectivity index (χ1n) is 9.48. The van der Waals surface area contributed by atoms with Crippen molar-refractivity contribution in [2.75, 3.05) is 59.5 Å². The summed E-state index contributed by atoms with van der Waals surface area (Å²) in [7, 11) is 2.11. The number of hydrogen-bond acceptors (Lipinski definition) is 5. The number of nitrogens with zero attached hydrogens (tertiary/aromatic N) is 3. The third-order valence-corrected chi connectivity index (χ3v) is 6.20. The van der Waals surface area contributed by atoms with Crippen molar-refractivity contribution in [3.8, 4) is 0 Å². The van der Waals surface area contributed by atoms with E-state index in [2.05, 4.69) is 16.8 Å². The summed E-state index contributed by atoms with van der Waals surface area (Å²) < 4.78 is 5.64. The molecule has 24 heavy (non-hydrogen) atoms. The maximum absolute atomic E-state index is 12.5. The Hall–Kier alpha value is -0.690. The van der Waals surface area contributed by atoms with Crippen molar-refractivity contribution in [2.45, 2.75) is 44.2 Å². The van der Waals surface area contributed by atoms with Crippen LogP contribution in [-0.2, 0) is 9.53 Å². The lowest BCUT2D eigenvalue weighted by molar-refractivity contribution is -0.134. The van der Waals surface area contributed by atoms with E-state index in [0.717, 1.165) is 52.1 Å². The second kappa shape index (κ2) is 7.68. The molecule has 0 aromatic heterocycles. The van der Waals surface area contributed by atoms with E-state index in [4.69, 9.17) is 4.74 Å². The summed E-state index contributed by atoms with van der Waals surface area (Å²) in [6, 6.07) is 0.348. The molecule has 3 rings (SSSR count). The van der Waals surface area contributed by atoms with E-state index in [1.807, 2.05) is 11.8 Å². The van der Waals surface area contributed by atoms with Crippen molar-refractivity contribution in [1.29, 1.82) is 0 Å². The lowest BCUT2D eigenvalue weighted by Gasteiger charge is -2.43. The quantitative estimate of drug-likeness (QED) is 0.804. The van der Waals surface area contributed by atoms with Crippen LogP contribution in [0.3, 0.4) is 0 Å². The number of likely N-dealkylation sites (tertiary alicyclic amines) is 1. The fourth-order valence-electron chi connectivity index (χ4n) is 4.42. The van der Waals surface area contributed by atoms with E-state index in [-0.39, 0.29) is 11.8 Å². The van der Waals surface area contributed by atoms with Crippen molar-refractivity contribution in [3.05, 3.63) is 0 Å². The highest BCUT2D eigenvalue weighted by Gasteiger charge is 2.44. The average Bonchev–Trinajstić information content (AvgIpc) is 3.01. The van der Waals surface area contributed by atoms with Gasteiger partial charge in [-0.15, -0.1) is 0 Å². The van der Waals surface area contributed by atoms with Crippen LogP contribution >= 0.6 is 0 Å². The molecule has 6 heteroatoms. The Labute approximate surface area is 145 Å². The summed E-state index contributed by atoms with van der Waals surface area (Å²) in [5.74, 6) is 0.438. The van der Waals surface area contributed by atoms with E-state index in [9.17, 15) is 9.90 Å². The third kappa shape index (κ3) is 4.10. The van der Waals surface area contributed by atoms with Gasteiger partial charge in [-0.3, -0.25) is 9.69 Å². The maximum Gasteiger partial charge on any atom is 0.223 e. The van der Waals surface area contributed by atoms with Crippen molar-refractivity contribution >= 4 is 5.91 Å². The molecule has 0 bridgehead atoms. The molecule has 138 valence electrons. The number of likely N-dealkylation sites (N-methyl/N-ethyl adjacent to an activating group) is 1. The van der Waals surface area contributed by atoms with Crippen molar-refractivity contribution in [2.24, 2.45) is 5.92 Å². The highest BCUT2D eigenvalue weighted by molar-refractivity contribution is 5.76. The maximum atomic E-state index is 12.5. The number of amides is 1. The van der Waals surface area contributed by atoms with E-state index in [1.54, 1.807) is 0 Å². The lowest BCUT2D eigenvalue weighted by atomic mass is 9.79. The summed E-state index contributed by atoms with van der Waals surface area (Å²) in [5, 5.41) is 10.7. The molecule has 3 fully saturated rings. The number of piperazine rings is 1. The minimum absolute atomic E-state index is 0.160. The van der Waals surface area contributed by atoms with Crippen LogP contribution in [0, 0.1) is 5.92 Å². The van der Waals surface area contributed by atoms with Crippen molar-refractivity contribution < 1.29 is 14.6 Å². The van der Waals surface area contributed by atoms with Gasteiger partial charge in [-0.1, -0.05) is 0 Å². The molecular formula is C18H33N3O3. The first kappa shape index (κ1) is 18.1. The zero-order valence-corrected chi connectivity index (χ0v) is 15.2. The van der Waals surface area contributed by atoms with Gasteiger partial charge in [-0.05, 0) is 39.8 Å². The van der Waals surface area contributed by atoms with Gasteiger partial charge >= 0.3 is 0 Å². The molecule has 6 nitrogen and oxygen atoms in total. The Balaban J connectivity index is 1.51. The highest BCUT2D eigenvalue weighted by Crippen LogP contribution is 2.35. The fraction of sp³-hybridized carbons (Fsp3) is 0.944. The molecule has 0 aromatic carbocycles. The molecule has 3 saturated heterocycles. The summed E-state index contributed by atoms with van der Waals surface area (Å²) in [6.07, 6.45) is 3.56. The number of rotatable bonds is 4. The van der Waals surface area contributed by atoms with Gasteiger partial charge in [-0.2, -0.15) is 0 Å². The molecule has 3 aliphatic rings. The molecule has 1 amide bonds. The highest BCUT2D eigenvalue weighted by atomic mass is 16.5. The molecule has 0 aromatic rings. The SMILES string of the molecule is CN1CCN(C(=O)CCN2CCCC2C2COCCC2(C)O)CC1. The minimum Gasteiger partial charge on any atom is -0.390 e. The van der Waals surface area contributed by atoms with Gasteiger partial charge in [0.15, 0.2) is 0 Å². The Morgan fingerprint density at radius 3 is 2.71 bits per heavy atom. The molecule has 3 aliphatic heterocycles. The number of hydrogen-bond donors (Lipinski definition) is 1. The van der Waals surface area contributed by atoms with Crippen LogP contribution in [0.15, 0.2) is 0 Å². The van der Waals surface area contributed by atoms with Crippen LogP contribution in [-0.4, -0.2) is 96.9 Å². The first-order valence-corrected chi connectivity index (χ1v) is 9.48. The number of aliphatic hydroxyl groups is 1. The van der Waals surface area contributed by atoms with Crippen LogP contribution in [0.2, 0.25) is 0 Å². The van der Waals surface area contributed by atoms with E-state index in [0.29, 0.717) is 32.1 Å². The largest absolute Gasteiger partial charge is 0.390 e. The van der Waals surface area contributed by atoms with Crippen LogP contribution < -0.4 is 0 Å². The van der Waals surface area contributed by atoms with Gasteiger partial charge in [-0.25, -0.2) is 0 Å². The monoisotopic (exact) mass is 339 g/mol. The number of ether oxygens (including phenoxy) is 1. The zero-order valence-electron chi connectivity index (χ0n) is 15.2. The summed E-state index contributed by atoms with van der Waals surface area (Å²) >= 11 is 0. The average molecular weight is 339 g/mol. The molecule has 3 heterocycles. The van der Waals surface area contributed by atoms with Gasteiger partial charge in [0.1, 0.15) is 0 Å². The van der Waals surface area contributed by atoms with E-state index in [1.165, 1.54) is 0 Å². The normalized spacial score (nSPS) is 36.2. The molecule has 0 saturated carbocycles. The standard InChI is InChI=1S/C18H33N3O3/c1-18(23)6-13-24-14-15(18)16-4-3-7-20(16)8-5-17(22)21-11-9-19(2)10-12-21/h15-16,23H,3-14H2,1-2H3. The minimum atomic E-state index is -0.646. The molecule has 0 spiro atoms. The zero-order chi connectivity index (χ0) is 17.2. The van der Waals surface area contributed by atoms with Gasteiger partial charge < -0.3 is 19.6 Å². The first-order chi connectivity index (χ1) is 11.5. The Morgan fingerprint density at radius 1 is 1.25 bits per heavy atom. The second-order valence-electron chi connectivity index (χ2n) is 7.97. The predicted molar refractivity (Wildman–Crippen MR) is 92.8 cm³/mol. The van der Waals surface area contributed by atoms with Crippen LogP contribution in [0.25, 0.3) is 0 Å². The van der Waals surface area contributed by atoms with Crippen molar-refractivity contribution in [1.82, 2.24) is 14.7 Å². The summed E-state index contributed by atoms with van der Waals surface area (Å²) in [5.41, 5.74) is -0.646. The van der Waals surface area contributed by atoms with Gasteiger partial charge in [0.2, 0.25) is 5.91 Å². The third-order valence-electron chi connectivity index (χ3n) is 6.20. The molecule has 1 N–H and O–H groups in total.